The van der Waals surface area contributed by atoms with Crippen molar-refractivity contribution in [2.45, 2.75) is 5.16 Å². The number of imidazole rings is 1. The Morgan fingerprint density at radius 3 is 2.89 bits per heavy atom. The van der Waals surface area contributed by atoms with Gasteiger partial charge in [-0.1, -0.05) is 27.7 Å². The van der Waals surface area contributed by atoms with Crippen molar-refractivity contribution < 1.29 is 9.90 Å². The van der Waals surface area contributed by atoms with Crippen LogP contribution in [0.2, 0.25) is 0 Å². The van der Waals surface area contributed by atoms with Crippen LogP contribution in [0.15, 0.2) is 44.7 Å². The van der Waals surface area contributed by atoms with Crippen LogP contribution < -0.4 is 0 Å². The summed E-state index contributed by atoms with van der Waals surface area (Å²) in [5.74, 6) is -0.866. The molecule has 0 unspecified atom stereocenters. The van der Waals surface area contributed by atoms with Gasteiger partial charge in [0.2, 0.25) is 0 Å². The predicted octanol–water partition coefficient (Wildman–Crippen LogP) is 3.57. The van der Waals surface area contributed by atoms with Crippen molar-refractivity contribution in [3.8, 4) is 5.69 Å². The van der Waals surface area contributed by atoms with E-state index >= 15 is 0 Å². The lowest BCUT2D eigenvalue weighted by Gasteiger charge is -2.09. The minimum Gasteiger partial charge on any atom is -0.481 e. The van der Waals surface area contributed by atoms with Gasteiger partial charge in [0, 0.05) is 21.3 Å². The second-order valence-electron chi connectivity index (χ2n) is 3.36. The zero-order valence-corrected chi connectivity index (χ0v) is 13.0. The normalized spacial score (nSPS) is 10.6. The number of nitrogens with zero attached hydrogens (tertiary/aromatic N) is 2. The van der Waals surface area contributed by atoms with E-state index in [1.807, 2.05) is 22.8 Å². The maximum atomic E-state index is 10.6. The molecule has 0 aliphatic heterocycles. The van der Waals surface area contributed by atoms with Crippen LogP contribution in [-0.4, -0.2) is 26.4 Å². The zero-order valence-electron chi connectivity index (χ0n) is 9.01. The Bertz CT molecular complexity index is 586. The minimum atomic E-state index is -0.857. The molecule has 0 spiro atoms. The average Bonchev–Trinajstić information content (AvgIpc) is 2.74. The molecule has 7 heteroatoms. The molecule has 0 saturated heterocycles. The third kappa shape index (κ3) is 3.15. The maximum Gasteiger partial charge on any atom is 0.313 e. The van der Waals surface area contributed by atoms with Gasteiger partial charge in [-0.05, 0) is 34.1 Å². The Balaban J connectivity index is 2.33. The summed E-state index contributed by atoms with van der Waals surface area (Å²) in [5, 5.41) is 9.34. The summed E-state index contributed by atoms with van der Waals surface area (Å²) in [6, 6.07) is 5.79. The van der Waals surface area contributed by atoms with Crippen molar-refractivity contribution >= 4 is 49.6 Å². The summed E-state index contributed by atoms with van der Waals surface area (Å²) in [4.78, 5) is 14.7. The molecule has 1 aromatic heterocycles. The van der Waals surface area contributed by atoms with Gasteiger partial charge in [0.05, 0.1) is 11.4 Å². The number of rotatable bonds is 4. The molecule has 1 heterocycles. The molecule has 4 nitrogen and oxygen atoms in total. The molecule has 0 aliphatic carbocycles. The standard InChI is InChI=1S/C11H8Br2N2O2S/c12-7-1-2-9(8(13)5-7)15-4-3-14-11(15)18-6-10(16)17/h1-5H,6H2,(H,16,17). The molecular formula is C11H8Br2N2O2S. The monoisotopic (exact) mass is 390 g/mol. The molecule has 0 fully saturated rings. The Labute approximate surface area is 125 Å². The summed E-state index contributed by atoms with van der Waals surface area (Å²) >= 11 is 8.06. The van der Waals surface area contributed by atoms with Crippen molar-refractivity contribution in [3.05, 3.63) is 39.5 Å². The molecule has 0 saturated carbocycles. The van der Waals surface area contributed by atoms with E-state index in [0.29, 0.717) is 5.16 Å². The summed E-state index contributed by atoms with van der Waals surface area (Å²) in [5.41, 5.74) is 0.920. The number of halogens is 2. The lowest BCUT2D eigenvalue weighted by Crippen LogP contribution is -2.01. The average molecular weight is 392 g/mol. The highest BCUT2D eigenvalue weighted by Gasteiger charge is 2.10. The van der Waals surface area contributed by atoms with E-state index in [0.717, 1.165) is 14.6 Å². The second-order valence-corrected chi connectivity index (χ2v) is 6.07. The fourth-order valence-corrected chi connectivity index (χ4v) is 3.31. The largest absolute Gasteiger partial charge is 0.481 e. The summed E-state index contributed by atoms with van der Waals surface area (Å²) < 4.78 is 3.73. The highest BCUT2D eigenvalue weighted by molar-refractivity contribution is 9.11. The van der Waals surface area contributed by atoms with Crippen molar-refractivity contribution in [2.75, 3.05) is 5.75 Å². The van der Waals surface area contributed by atoms with E-state index < -0.39 is 5.97 Å². The number of aliphatic carboxylic acids is 1. The molecule has 94 valence electrons. The van der Waals surface area contributed by atoms with Crippen LogP contribution in [0.4, 0.5) is 0 Å². The van der Waals surface area contributed by atoms with Crippen LogP contribution in [0.1, 0.15) is 0 Å². The molecule has 0 amide bonds. The third-order valence-electron chi connectivity index (χ3n) is 2.10. The Hall–Kier alpha value is -0.790. The van der Waals surface area contributed by atoms with Crippen LogP contribution in [0, 0.1) is 0 Å². The van der Waals surface area contributed by atoms with E-state index in [9.17, 15) is 4.79 Å². The molecule has 18 heavy (non-hydrogen) atoms. The topological polar surface area (TPSA) is 55.1 Å². The zero-order chi connectivity index (χ0) is 13.1. The van der Waals surface area contributed by atoms with Gasteiger partial charge in [-0.15, -0.1) is 0 Å². The van der Waals surface area contributed by atoms with Crippen LogP contribution in [0.3, 0.4) is 0 Å². The minimum absolute atomic E-state index is 0.00877. The fourth-order valence-electron chi connectivity index (χ4n) is 1.38. The van der Waals surface area contributed by atoms with Gasteiger partial charge in [0.15, 0.2) is 5.16 Å². The van der Waals surface area contributed by atoms with E-state index in [2.05, 4.69) is 36.8 Å². The number of carboxylic acids is 1. The smallest absolute Gasteiger partial charge is 0.313 e. The molecule has 0 radical (unpaired) electrons. The van der Waals surface area contributed by atoms with E-state index in [-0.39, 0.29) is 5.75 Å². The molecule has 0 atom stereocenters. The molecule has 1 N–H and O–H groups in total. The van der Waals surface area contributed by atoms with E-state index in [1.54, 1.807) is 12.4 Å². The fraction of sp³-hybridized carbons (Fsp3) is 0.0909. The highest BCUT2D eigenvalue weighted by Crippen LogP contribution is 2.28. The first kappa shape index (κ1) is 13.6. The quantitative estimate of drug-likeness (QED) is 0.809. The van der Waals surface area contributed by atoms with Gasteiger partial charge in [-0.2, -0.15) is 0 Å². The van der Waals surface area contributed by atoms with Gasteiger partial charge in [-0.25, -0.2) is 4.98 Å². The number of hydrogen-bond acceptors (Lipinski definition) is 3. The van der Waals surface area contributed by atoms with Crippen LogP contribution >= 0.6 is 43.6 Å². The first-order valence-electron chi connectivity index (χ1n) is 4.91. The van der Waals surface area contributed by atoms with Gasteiger partial charge in [-0.3, -0.25) is 9.36 Å². The van der Waals surface area contributed by atoms with Crippen LogP contribution in [-0.2, 0) is 4.79 Å². The Morgan fingerprint density at radius 1 is 1.44 bits per heavy atom. The van der Waals surface area contributed by atoms with Gasteiger partial charge < -0.3 is 5.11 Å². The van der Waals surface area contributed by atoms with Crippen molar-refractivity contribution in [1.82, 2.24) is 9.55 Å². The van der Waals surface area contributed by atoms with Gasteiger partial charge in [0.1, 0.15) is 0 Å². The van der Waals surface area contributed by atoms with Crippen LogP contribution in [0.25, 0.3) is 5.69 Å². The second kappa shape index (κ2) is 5.90. The Morgan fingerprint density at radius 2 is 2.22 bits per heavy atom. The summed E-state index contributed by atoms with van der Waals surface area (Å²) in [7, 11) is 0. The first-order chi connectivity index (χ1) is 8.58. The first-order valence-corrected chi connectivity index (χ1v) is 7.48. The lowest BCUT2D eigenvalue weighted by atomic mass is 10.3. The van der Waals surface area contributed by atoms with Crippen LogP contribution in [0.5, 0.6) is 0 Å². The SMILES string of the molecule is O=C(O)CSc1nccn1-c1ccc(Br)cc1Br. The maximum absolute atomic E-state index is 10.6. The number of benzene rings is 1. The number of hydrogen-bond donors (Lipinski definition) is 1. The van der Waals surface area contributed by atoms with Crippen molar-refractivity contribution in [2.24, 2.45) is 0 Å². The lowest BCUT2D eigenvalue weighted by molar-refractivity contribution is -0.133. The summed E-state index contributed by atoms with van der Waals surface area (Å²) in [6.07, 6.45) is 3.46. The molecule has 2 aromatic rings. The van der Waals surface area contributed by atoms with Gasteiger partial charge >= 0.3 is 5.97 Å². The third-order valence-corrected chi connectivity index (χ3v) is 4.18. The van der Waals surface area contributed by atoms with Gasteiger partial charge in [0.25, 0.3) is 0 Å². The summed E-state index contributed by atoms with van der Waals surface area (Å²) in [6.45, 7) is 0. The number of thioether (sulfide) groups is 1. The predicted molar refractivity (Wildman–Crippen MR) is 77.3 cm³/mol. The number of carbonyl (C=O) groups is 1. The van der Waals surface area contributed by atoms with E-state index in [1.165, 1.54) is 11.8 Å². The molecule has 0 aliphatic rings. The van der Waals surface area contributed by atoms with Crippen molar-refractivity contribution in [3.63, 3.8) is 0 Å². The number of aromatic nitrogens is 2. The molecular weight excluding hydrogens is 384 g/mol. The molecule has 2 rings (SSSR count). The number of carboxylic acid groups (broad SMARTS) is 1. The molecule has 0 bridgehead atoms. The Kier molecular flexibility index (Phi) is 4.47. The van der Waals surface area contributed by atoms with Crippen molar-refractivity contribution in [1.29, 1.82) is 0 Å². The highest BCUT2D eigenvalue weighted by atomic mass is 79.9. The molecule has 1 aromatic carbocycles. The van der Waals surface area contributed by atoms with E-state index in [4.69, 9.17) is 5.11 Å².